The van der Waals surface area contributed by atoms with Crippen molar-refractivity contribution >= 4 is 0 Å². The van der Waals surface area contributed by atoms with E-state index in [-0.39, 0.29) is 12.0 Å². The Bertz CT molecular complexity index is 359. The van der Waals surface area contributed by atoms with Gasteiger partial charge in [0.05, 0.1) is 11.7 Å². The van der Waals surface area contributed by atoms with Crippen molar-refractivity contribution in [3.05, 3.63) is 35.1 Å². The summed E-state index contributed by atoms with van der Waals surface area (Å²) >= 11 is 0. The molecule has 1 aliphatic carbocycles. The van der Waals surface area contributed by atoms with Crippen LogP contribution in [0.2, 0.25) is 0 Å². The molecule has 1 aliphatic rings. The summed E-state index contributed by atoms with van der Waals surface area (Å²) in [7, 11) is 0. The molecule has 0 unspecified atom stereocenters. The predicted molar refractivity (Wildman–Crippen MR) is 49.3 cm³/mol. The van der Waals surface area contributed by atoms with Gasteiger partial charge in [-0.15, -0.1) is 0 Å². The Kier molecular flexibility index (Phi) is 2.69. The minimum Gasteiger partial charge on any atom is -0.393 e. The van der Waals surface area contributed by atoms with Crippen molar-refractivity contribution in [2.75, 3.05) is 0 Å². The molecule has 82 valence electrons. The number of rotatable bonds is 2. The van der Waals surface area contributed by atoms with Gasteiger partial charge in [-0.3, -0.25) is 0 Å². The molecule has 0 aliphatic heterocycles. The van der Waals surface area contributed by atoms with Gasteiger partial charge in [-0.1, -0.05) is 12.1 Å². The van der Waals surface area contributed by atoms with Crippen molar-refractivity contribution in [2.45, 2.75) is 31.3 Å². The summed E-state index contributed by atoms with van der Waals surface area (Å²) in [5, 5.41) is 9.08. The van der Waals surface area contributed by atoms with Crippen LogP contribution >= 0.6 is 0 Å². The van der Waals surface area contributed by atoms with Gasteiger partial charge >= 0.3 is 0 Å². The Morgan fingerprint density at radius 1 is 1.27 bits per heavy atom. The number of benzene rings is 1. The summed E-state index contributed by atoms with van der Waals surface area (Å²) in [6.45, 7) is 0. The van der Waals surface area contributed by atoms with Crippen LogP contribution in [0.4, 0.5) is 13.2 Å². The Hall–Kier alpha value is -1.03. The summed E-state index contributed by atoms with van der Waals surface area (Å²) < 4.78 is 37.7. The normalized spacial score (nSPS) is 25.4. The molecule has 1 aromatic carbocycles. The van der Waals surface area contributed by atoms with Crippen LogP contribution in [0.25, 0.3) is 0 Å². The number of hydrogen-bond donors (Lipinski definition) is 1. The third-order valence-corrected chi connectivity index (χ3v) is 2.84. The van der Waals surface area contributed by atoms with Crippen LogP contribution in [0.3, 0.4) is 0 Å². The molecule has 1 N–H and O–H groups in total. The molecule has 1 fully saturated rings. The molecule has 1 aromatic rings. The molecule has 4 heteroatoms. The van der Waals surface area contributed by atoms with E-state index in [9.17, 15) is 13.2 Å². The molecule has 0 amide bonds. The summed E-state index contributed by atoms with van der Waals surface area (Å²) in [4.78, 5) is 0. The van der Waals surface area contributed by atoms with Crippen molar-refractivity contribution in [3.8, 4) is 0 Å². The van der Waals surface area contributed by atoms with Crippen LogP contribution in [0, 0.1) is 5.82 Å². The fourth-order valence-corrected chi connectivity index (χ4v) is 1.83. The van der Waals surface area contributed by atoms with E-state index in [2.05, 4.69) is 0 Å². The molecule has 0 heterocycles. The maximum Gasteiger partial charge on any atom is 0.266 e. The third kappa shape index (κ3) is 2.00. The van der Waals surface area contributed by atoms with Crippen molar-refractivity contribution in [2.24, 2.45) is 0 Å². The van der Waals surface area contributed by atoms with E-state index in [1.54, 1.807) is 0 Å². The van der Waals surface area contributed by atoms with Gasteiger partial charge in [-0.05, 0) is 30.4 Å². The van der Waals surface area contributed by atoms with Gasteiger partial charge in [0.2, 0.25) is 0 Å². The standard InChI is InChI=1S/C11H11F3O/c12-10-5-6(7-3-8(15)4-7)1-2-9(10)11(13)14/h1-2,5,7-8,11,15H,3-4H2/t7-,8+. The average molecular weight is 216 g/mol. The fraction of sp³-hybridized carbons (Fsp3) is 0.455. The molecule has 0 saturated heterocycles. The van der Waals surface area contributed by atoms with E-state index in [1.165, 1.54) is 6.07 Å². The summed E-state index contributed by atoms with van der Waals surface area (Å²) in [5.41, 5.74) is 0.140. The van der Waals surface area contributed by atoms with E-state index >= 15 is 0 Å². The fourth-order valence-electron chi connectivity index (χ4n) is 1.83. The maximum atomic E-state index is 13.2. The molecule has 0 radical (unpaired) electrons. The predicted octanol–water partition coefficient (Wildman–Crippen LogP) is 3.00. The van der Waals surface area contributed by atoms with Crippen molar-refractivity contribution < 1.29 is 18.3 Å². The number of halogens is 3. The lowest BCUT2D eigenvalue weighted by Gasteiger charge is -2.31. The second-order valence-electron chi connectivity index (χ2n) is 3.90. The maximum absolute atomic E-state index is 13.2. The zero-order valence-electron chi connectivity index (χ0n) is 7.96. The van der Waals surface area contributed by atoms with Gasteiger partial charge in [0.1, 0.15) is 5.82 Å². The van der Waals surface area contributed by atoms with E-state index in [1.807, 2.05) is 0 Å². The van der Waals surface area contributed by atoms with Gasteiger partial charge in [0, 0.05) is 0 Å². The van der Waals surface area contributed by atoms with Crippen LogP contribution in [0.1, 0.15) is 36.3 Å². The summed E-state index contributed by atoms with van der Waals surface area (Å²) in [6.07, 6.45) is -1.92. The quantitative estimate of drug-likeness (QED) is 0.805. The van der Waals surface area contributed by atoms with E-state index in [0.29, 0.717) is 18.4 Å². The lowest BCUT2D eigenvalue weighted by atomic mass is 9.77. The molecule has 15 heavy (non-hydrogen) atoms. The van der Waals surface area contributed by atoms with Gasteiger partial charge in [-0.2, -0.15) is 0 Å². The molecule has 1 saturated carbocycles. The highest BCUT2D eigenvalue weighted by Crippen LogP contribution is 2.37. The van der Waals surface area contributed by atoms with E-state index in [4.69, 9.17) is 5.11 Å². The van der Waals surface area contributed by atoms with Crippen molar-refractivity contribution in [3.63, 3.8) is 0 Å². The molecule has 2 rings (SSSR count). The molecular weight excluding hydrogens is 205 g/mol. The third-order valence-electron chi connectivity index (χ3n) is 2.84. The van der Waals surface area contributed by atoms with Crippen molar-refractivity contribution in [1.82, 2.24) is 0 Å². The number of aliphatic hydroxyl groups is 1. The van der Waals surface area contributed by atoms with E-state index < -0.39 is 17.8 Å². The van der Waals surface area contributed by atoms with Crippen LogP contribution in [0.5, 0.6) is 0 Å². The van der Waals surface area contributed by atoms with Crippen LogP contribution in [0.15, 0.2) is 18.2 Å². The first-order chi connectivity index (χ1) is 7.08. The van der Waals surface area contributed by atoms with Crippen LogP contribution < -0.4 is 0 Å². The Labute approximate surface area is 85.5 Å². The van der Waals surface area contributed by atoms with Crippen LogP contribution in [-0.4, -0.2) is 11.2 Å². The first kappa shape index (κ1) is 10.5. The molecule has 0 spiro atoms. The number of alkyl halides is 2. The van der Waals surface area contributed by atoms with Crippen molar-refractivity contribution in [1.29, 1.82) is 0 Å². The number of aliphatic hydroxyl groups excluding tert-OH is 1. The van der Waals surface area contributed by atoms with Crippen LogP contribution in [-0.2, 0) is 0 Å². The molecule has 0 aromatic heterocycles. The first-order valence-corrected chi connectivity index (χ1v) is 4.83. The second kappa shape index (κ2) is 3.85. The zero-order valence-corrected chi connectivity index (χ0v) is 7.96. The monoisotopic (exact) mass is 216 g/mol. The second-order valence-corrected chi connectivity index (χ2v) is 3.90. The minimum absolute atomic E-state index is 0.112. The average Bonchev–Trinajstić information content (AvgIpc) is 2.12. The molecule has 0 bridgehead atoms. The lowest BCUT2D eigenvalue weighted by molar-refractivity contribution is 0.0744. The largest absolute Gasteiger partial charge is 0.393 e. The highest BCUT2D eigenvalue weighted by molar-refractivity contribution is 5.29. The highest BCUT2D eigenvalue weighted by atomic mass is 19.3. The lowest BCUT2D eigenvalue weighted by Crippen LogP contribution is -2.26. The highest BCUT2D eigenvalue weighted by Gasteiger charge is 2.29. The Morgan fingerprint density at radius 2 is 1.93 bits per heavy atom. The van der Waals surface area contributed by atoms with Gasteiger partial charge in [0.25, 0.3) is 6.43 Å². The Balaban J connectivity index is 2.18. The van der Waals surface area contributed by atoms with Gasteiger partial charge < -0.3 is 5.11 Å². The van der Waals surface area contributed by atoms with Gasteiger partial charge in [0.15, 0.2) is 0 Å². The summed E-state index contributed by atoms with van der Waals surface area (Å²) in [5.74, 6) is -0.745. The van der Waals surface area contributed by atoms with E-state index in [0.717, 1.165) is 12.1 Å². The Morgan fingerprint density at radius 3 is 2.40 bits per heavy atom. The smallest absolute Gasteiger partial charge is 0.266 e. The number of hydrogen-bond acceptors (Lipinski definition) is 1. The summed E-state index contributed by atoms with van der Waals surface area (Å²) in [6, 6.07) is 3.79. The molecule has 1 nitrogen and oxygen atoms in total. The minimum atomic E-state index is -2.77. The molecule has 0 atom stereocenters. The SMILES string of the molecule is O[C@H]1C[C@@H](c2ccc(C(F)F)c(F)c2)C1. The topological polar surface area (TPSA) is 20.2 Å². The first-order valence-electron chi connectivity index (χ1n) is 4.83. The molecular formula is C11H11F3O. The van der Waals surface area contributed by atoms with Gasteiger partial charge in [-0.25, -0.2) is 13.2 Å². The zero-order chi connectivity index (χ0) is 11.0.